The lowest BCUT2D eigenvalue weighted by molar-refractivity contribution is -0.384. The molecule has 0 heterocycles. The van der Waals surface area contributed by atoms with Gasteiger partial charge in [0.1, 0.15) is 5.69 Å². The molecule has 3 rings (SSSR count). The first-order valence-corrected chi connectivity index (χ1v) is 9.24. The average molecular weight is 443 g/mol. The van der Waals surface area contributed by atoms with Crippen molar-refractivity contribution in [2.24, 2.45) is 0 Å². The van der Waals surface area contributed by atoms with E-state index in [2.05, 4.69) is 10.6 Å². The van der Waals surface area contributed by atoms with Crippen LogP contribution in [-0.2, 0) is 6.18 Å². The molecule has 2 N–H and O–H groups in total. The highest BCUT2D eigenvalue weighted by atomic mass is 19.4. The van der Waals surface area contributed by atoms with Gasteiger partial charge in [0.05, 0.1) is 10.5 Å². The Labute approximate surface area is 180 Å². The largest absolute Gasteiger partial charge is 0.416 e. The van der Waals surface area contributed by atoms with Gasteiger partial charge in [0.2, 0.25) is 5.78 Å². The molecule has 0 bridgehead atoms. The van der Waals surface area contributed by atoms with Crippen LogP contribution in [0.5, 0.6) is 0 Å². The van der Waals surface area contributed by atoms with Gasteiger partial charge in [0.25, 0.3) is 11.6 Å². The van der Waals surface area contributed by atoms with Crippen molar-refractivity contribution >= 4 is 23.1 Å². The minimum atomic E-state index is -4.79. The van der Waals surface area contributed by atoms with Crippen LogP contribution in [0.1, 0.15) is 26.3 Å². The summed E-state index contributed by atoms with van der Waals surface area (Å²) in [5.41, 5.74) is -2.05. The van der Waals surface area contributed by atoms with Crippen LogP contribution in [0.2, 0.25) is 0 Å². The third-order valence-electron chi connectivity index (χ3n) is 4.45. The van der Waals surface area contributed by atoms with E-state index in [-0.39, 0.29) is 16.8 Å². The average Bonchev–Trinajstić information content (AvgIpc) is 2.78. The van der Waals surface area contributed by atoms with Crippen molar-refractivity contribution in [3.05, 3.63) is 106 Å². The van der Waals surface area contributed by atoms with Gasteiger partial charge in [-0.25, -0.2) is 0 Å². The van der Waals surface area contributed by atoms with Crippen molar-refractivity contribution in [1.29, 1.82) is 0 Å². The third kappa shape index (κ3) is 5.28. The van der Waals surface area contributed by atoms with Gasteiger partial charge in [0.15, 0.2) is 6.17 Å². The number of carbonyl (C=O) groups is 2. The van der Waals surface area contributed by atoms with Crippen molar-refractivity contribution < 1.29 is 27.7 Å². The highest BCUT2D eigenvalue weighted by Gasteiger charge is 2.34. The van der Waals surface area contributed by atoms with Gasteiger partial charge in [-0.1, -0.05) is 48.5 Å². The first-order chi connectivity index (χ1) is 15.2. The number of halogens is 3. The fourth-order valence-corrected chi connectivity index (χ4v) is 2.88. The molecule has 0 saturated heterocycles. The van der Waals surface area contributed by atoms with E-state index in [0.717, 1.165) is 6.07 Å². The van der Waals surface area contributed by atoms with E-state index in [1.165, 1.54) is 24.3 Å². The number of hydrogen-bond donors (Lipinski definition) is 2. The van der Waals surface area contributed by atoms with Crippen LogP contribution in [0.15, 0.2) is 78.9 Å². The van der Waals surface area contributed by atoms with E-state index in [4.69, 9.17) is 0 Å². The number of nitro groups is 1. The molecule has 0 spiro atoms. The minimum absolute atomic E-state index is 0.188. The van der Waals surface area contributed by atoms with Crippen LogP contribution in [0.25, 0.3) is 0 Å². The summed E-state index contributed by atoms with van der Waals surface area (Å²) < 4.78 is 38.9. The van der Waals surface area contributed by atoms with Crippen LogP contribution < -0.4 is 10.6 Å². The number of alkyl halides is 3. The fourth-order valence-electron chi connectivity index (χ4n) is 2.88. The normalized spacial score (nSPS) is 12.0. The SMILES string of the molecule is O=C(NC(Nc1ccc(C(F)(F)F)cc1[N+](=O)[O-])C(=O)c1ccccc1)c1ccccc1. The standard InChI is InChI=1S/C22H16F3N3O4/c23-22(24,25)16-11-12-17(18(13-16)28(31)32)26-20(19(29)14-7-3-1-4-8-14)27-21(30)15-9-5-2-6-10-15/h1-13,20,26H,(H,27,30). The molecule has 32 heavy (non-hydrogen) atoms. The van der Waals surface area contributed by atoms with E-state index < -0.39 is 40.2 Å². The van der Waals surface area contributed by atoms with Crippen LogP contribution in [0.4, 0.5) is 24.5 Å². The van der Waals surface area contributed by atoms with E-state index in [1.807, 2.05) is 0 Å². The zero-order valence-electron chi connectivity index (χ0n) is 16.3. The summed E-state index contributed by atoms with van der Waals surface area (Å²) in [6.07, 6.45) is -6.27. The van der Waals surface area contributed by atoms with Gasteiger partial charge in [-0.2, -0.15) is 13.2 Å². The summed E-state index contributed by atoms with van der Waals surface area (Å²) in [6.45, 7) is 0. The summed E-state index contributed by atoms with van der Waals surface area (Å²) in [6, 6.07) is 17.6. The number of anilines is 1. The predicted octanol–water partition coefficient (Wildman–Crippen LogP) is 4.66. The van der Waals surface area contributed by atoms with Gasteiger partial charge < -0.3 is 10.6 Å². The first-order valence-electron chi connectivity index (χ1n) is 9.24. The van der Waals surface area contributed by atoms with Gasteiger partial charge in [-0.05, 0) is 24.3 Å². The van der Waals surface area contributed by atoms with E-state index in [0.29, 0.717) is 12.1 Å². The van der Waals surface area contributed by atoms with Gasteiger partial charge in [0, 0.05) is 17.2 Å². The number of carbonyl (C=O) groups excluding carboxylic acids is 2. The van der Waals surface area contributed by atoms with Crippen molar-refractivity contribution in [3.8, 4) is 0 Å². The number of ketones is 1. The molecule has 0 saturated carbocycles. The molecule has 7 nitrogen and oxygen atoms in total. The Morgan fingerprint density at radius 2 is 1.44 bits per heavy atom. The molecule has 164 valence electrons. The number of benzene rings is 3. The molecular formula is C22H16F3N3O4. The number of nitro benzene ring substituents is 1. The topological polar surface area (TPSA) is 101 Å². The molecule has 10 heteroatoms. The number of nitrogens with zero attached hydrogens (tertiary/aromatic N) is 1. The maximum atomic E-state index is 13.0. The fraction of sp³-hybridized carbons (Fsp3) is 0.0909. The van der Waals surface area contributed by atoms with E-state index in [1.54, 1.807) is 36.4 Å². The van der Waals surface area contributed by atoms with Crippen LogP contribution in [0, 0.1) is 10.1 Å². The zero-order chi connectivity index (χ0) is 23.3. The summed E-state index contributed by atoms with van der Waals surface area (Å²) >= 11 is 0. The van der Waals surface area contributed by atoms with Crippen LogP contribution in [0.3, 0.4) is 0 Å². The third-order valence-corrected chi connectivity index (χ3v) is 4.45. The summed E-state index contributed by atoms with van der Waals surface area (Å²) in [5.74, 6) is -1.29. The molecule has 3 aromatic carbocycles. The van der Waals surface area contributed by atoms with Gasteiger partial charge in [-0.3, -0.25) is 19.7 Å². The lowest BCUT2D eigenvalue weighted by atomic mass is 10.1. The Morgan fingerprint density at radius 3 is 1.97 bits per heavy atom. The lowest BCUT2D eigenvalue weighted by Gasteiger charge is -2.21. The van der Waals surface area contributed by atoms with Crippen molar-refractivity contribution in [3.63, 3.8) is 0 Å². The quantitative estimate of drug-likeness (QED) is 0.239. The molecule has 1 unspecified atom stereocenters. The molecule has 0 fully saturated rings. The maximum absolute atomic E-state index is 13.0. The van der Waals surface area contributed by atoms with E-state index in [9.17, 15) is 32.9 Å². The first kappa shape index (κ1) is 22.5. The molecule has 0 aliphatic rings. The molecule has 0 aromatic heterocycles. The van der Waals surface area contributed by atoms with Gasteiger partial charge in [-0.15, -0.1) is 0 Å². The molecular weight excluding hydrogens is 427 g/mol. The van der Waals surface area contributed by atoms with Gasteiger partial charge >= 0.3 is 6.18 Å². The molecule has 0 aliphatic heterocycles. The summed E-state index contributed by atoms with van der Waals surface area (Å²) in [7, 11) is 0. The number of nitrogens with one attached hydrogen (secondary N) is 2. The Morgan fingerprint density at radius 1 is 0.875 bits per heavy atom. The van der Waals surface area contributed by atoms with Crippen LogP contribution in [-0.4, -0.2) is 22.8 Å². The number of hydrogen-bond acceptors (Lipinski definition) is 5. The predicted molar refractivity (Wildman–Crippen MR) is 110 cm³/mol. The molecule has 0 radical (unpaired) electrons. The Kier molecular flexibility index (Phi) is 6.53. The second kappa shape index (κ2) is 9.29. The Bertz CT molecular complexity index is 1140. The minimum Gasteiger partial charge on any atom is -0.353 e. The second-order valence-corrected chi connectivity index (χ2v) is 6.63. The summed E-state index contributed by atoms with van der Waals surface area (Å²) in [5, 5.41) is 16.4. The van der Waals surface area contributed by atoms with Crippen molar-refractivity contribution in [1.82, 2.24) is 5.32 Å². The maximum Gasteiger partial charge on any atom is 0.416 e. The van der Waals surface area contributed by atoms with Crippen molar-refractivity contribution in [2.75, 3.05) is 5.32 Å². The Balaban J connectivity index is 1.97. The molecule has 1 amide bonds. The van der Waals surface area contributed by atoms with Crippen molar-refractivity contribution in [2.45, 2.75) is 12.3 Å². The van der Waals surface area contributed by atoms with E-state index >= 15 is 0 Å². The zero-order valence-corrected chi connectivity index (χ0v) is 16.3. The highest BCUT2D eigenvalue weighted by Crippen LogP contribution is 2.35. The lowest BCUT2D eigenvalue weighted by Crippen LogP contribution is -2.46. The number of Topliss-reactive ketones (excluding diaryl/α,β-unsaturated/α-hetero) is 1. The smallest absolute Gasteiger partial charge is 0.353 e. The Hall–Kier alpha value is -4.21. The monoisotopic (exact) mass is 443 g/mol. The molecule has 1 atom stereocenters. The number of rotatable bonds is 7. The van der Waals surface area contributed by atoms with Crippen LogP contribution >= 0.6 is 0 Å². The second-order valence-electron chi connectivity index (χ2n) is 6.63. The highest BCUT2D eigenvalue weighted by molar-refractivity contribution is 6.05. The molecule has 0 aliphatic carbocycles. The number of amides is 1. The molecule has 3 aromatic rings. The summed E-state index contributed by atoms with van der Waals surface area (Å²) in [4.78, 5) is 36.0.